The van der Waals surface area contributed by atoms with Gasteiger partial charge >= 0.3 is 0 Å². The van der Waals surface area contributed by atoms with Gasteiger partial charge < -0.3 is 15.0 Å². The van der Waals surface area contributed by atoms with Crippen LogP contribution in [0.1, 0.15) is 36.0 Å². The molecule has 0 spiro atoms. The number of likely N-dealkylation sites (tertiary alicyclic amines) is 1. The van der Waals surface area contributed by atoms with Gasteiger partial charge in [0.05, 0.1) is 18.9 Å². The van der Waals surface area contributed by atoms with E-state index in [1.165, 1.54) is 12.8 Å². The molecule has 1 atom stereocenters. The van der Waals surface area contributed by atoms with E-state index in [1.807, 2.05) is 4.90 Å². The predicted octanol–water partition coefficient (Wildman–Crippen LogP) is 1.69. The van der Waals surface area contributed by atoms with Gasteiger partial charge in [-0.15, -0.1) is 0 Å². The van der Waals surface area contributed by atoms with E-state index in [4.69, 9.17) is 4.74 Å². The Kier molecular flexibility index (Phi) is 4.39. The lowest BCUT2D eigenvalue weighted by Crippen LogP contribution is -2.43. The molecule has 0 radical (unpaired) electrons. The van der Waals surface area contributed by atoms with E-state index in [0.717, 1.165) is 38.4 Å². The van der Waals surface area contributed by atoms with E-state index in [9.17, 15) is 4.79 Å². The summed E-state index contributed by atoms with van der Waals surface area (Å²) in [6.45, 7) is 2.83. The molecule has 0 aromatic carbocycles. The van der Waals surface area contributed by atoms with Gasteiger partial charge in [0, 0.05) is 25.3 Å². The molecule has 3 rings (SSSR count). The number of hydrogen-bond donors (Lipinski definition) is 1. The predicted molar refractivity (Wildman–Crippen MR) is 80.4 cm³/mol. The molecule has 2 saturated heterocycles. The summed E-state index contributed by atoms with van der Waals surface area (Å²) in [5.74, 6) is 1.34. The molecule has 3 heterocycles. The number of ether oxygens (including phenoxy) is 1. The number of piperidine rings is 1. The number of carbonyl (C=O) groups excluding carboxylic acids is 1. The minimum Gasteiger partial charge on any atom is -0.494 e. The third kappa shape index (κ3) is 3.02. The largest absolute Gasteiger partial charge is 0.494 e. The van der Waals surface area contributed by atoms with Crippen molar-refractivity contribution < 1.29 is 9.53 Å². The highest BCUT2D eigenvalue weighted by Crippen LogP contribution is 2.27. The van der Waals surface area contributed by atoms with Crippen molar-refractivity contribution in [1.29, 1.82) is 0 Å². The topological polar surface area (TPSA) is 54.5 Å². The normalized spacial score (nSPS) is 23.3. The molecule has 1 aromatic rings. The van der Waals surface area contributed by atoms with Crippen molar-refractivity contribution in [3.8, 4) is 5.75 Å². The summed E-state index contributed by atoms with van der Waals surface area (Å²) < 4.78 is 5.24. The fraction of sp³-hybridized carbons (Fsp3) is 0.625. The quantitative estimate of drug-likeness (QED) is 0.920. The van der Waals surface area contributed by atoms with E-state index in [2.05, 4.69) is 10.3 Å². The van der Waals surface area contributed by atoms with Crippen LogP contribution in [0, 0.1) is 5.92 Å². The second-order valence-corrected chi connectivity index (χ2v) is 5.91. The molecule has 1 unspecified atom stereocenters. The minimum absolute atomic E-state index is 0.0621. The number of carbonyl (C=O) groups is 1. The Labute approximate surface area is 125 Å². The number of hydrogen-bond acceptors (Lipinski definition) is 4. The third-order valence-corrected chi connectivity index (χ3v) is 4.73. The number of aromatic nitrogens is 1. The fourth-order valence-electron chi connectivity index (χ4n) is 3.51. The highest BCUT2D eigenvalue weighted by atomic mass is 16.5. The highest BCUT2D eigenvalue weighted by Gasteiger charge is 2.30. The van der Waals surface area contributed by atoms with Crippen molar-refractivity contribution in [2.75, 3.05) is 26.7 Å². The first-order chi connectivity index (χ1) is 10.3. The molecular weight excluding hydrogens is 266 g/mol. The molecule has 1 aromatic heterocycles. The average Bonchev–Trinajstić information content (AvgIpc) is 3.09. The third-order valence-electron chi connectivity index (χ3n) is 4.73. The van der Waals surface area contributed by atoms with Crippen LogP contribution < -0.4 is 10.1 Å². The Morgan fingerprint density at radius 3 is 2.86 bits per heavy atom. The number of nitrogens with one attached hydrogen (secondary N) is 1. The molecule has 2 aliphatic heterocycles. The van der Waals surface area contributed by atoms with Crippen molar-refractivity contribution in [3.05, 3.63) is 24.0 Å². The molecule has 2 aliphatic rings. The fourth-order valence-corrected chi connectivity index (χ4v) is 3.51. The van der Waals surface area contributed by atoms with Crippen LogP contribution in [0.25, 0.3) is 0 Å². The van der Waals surface area contributed by atoms with Crippen molar-refractivity contribution in [1.82, 2.24) is 15.2 Å². The van der Waals surface area contributed by atoms with E-state index < -0.39 is 0 Å². The summed E-state index contributed by atoms with van der Waals surface area (Å²) >= 11 is 0. The van der Waals surface area contributed by atoms with Crippen molar-refractivity contribution in [2.24, 2.45) is 5.92 Å². The van der Waals surface area contributed by atoms with Crippen molar-refractivity contribution in [3.63, 3.8) is 0 Å². The van der Waals surface area contributed by atoms with Gasteiger partial charge in [0.15, 0.2) is 0 Å². The van der Waals surface area contributed by atoms with Crippen LogP contribution in [0.5, 0.6) is 5.75 Å². The van der Waals surface area contributed by atoms with Gasteiger partial charge in [-0.3, -0.25) is 9.78 Å². The van der Waals surface area contributed by atoms with Gasteiger partial charge in [0.2, 0.25) is 0 Å². The Morgan fingerprint density at radius 1 is 1.38 bits per heavy atom. The SMILES string of the molecule is COc1cnccc1C(=O)N1CCC(C2CCCN2)CC1. The second-order valence-electron chi connectivity index (χ2n) is 5.91. The first-order valence-corrected chi connectivity index (χ1v) is 7.80. The average molecular weight is 289 g/mol. The molecule has 1 N–H and O–H groups in total. The molecule has 114 valence electrons. The molecule has 5 nitrogen and oxygen atoms in total. The zero-order chi connectivity index (χ0) is 14.7. The smallest absolute Gasteiger partial charge is 0.257 e. The Hall–Kier alpha value is -1.62. The van der Waals surface area contributed by atoms with Gasteiger partial charge in [0.1, 0.15) is 5.75 Å². The maximum Gasteiger partial charge on any atom is 0.257 e. The number of nitrogens with zero attached hydrogens (tertiary/aromatic N) is 2. The summed E-state index contributed by atoms with van der Waals surface area (Å²) in [6.07, 6.45) is 8.01. The van der Waals surface area contributed by atoms with E-state index >= 15 is 0 Å². The molecule has 5 heteroatoms. The standard InChI is InChI=1S/C16H23N3O2/c1-21-15-11-17-8-4-13(15)16(20)19-9-5-12(6-10-19)14-3-2-7-18-14/h4,8,11-12,14,18H,2-3,5-7,9-10H2,1H3. The highest BCUT2D eigenvalue weighted by molar-refractivity contribution is 5.96. The molecule has 1 amide bonds. The lowest BCUT2D eigenvalue weighted by molar-refractivity contribution is 0.0671. The van der Waals surface area contributed by atoms with Gasteiger partial charge in [-0.2, -0.15) is 0 Å². The lowest BCUT2D eigenvalue weighted by Gasteiger charge is -2.35. The van der Waals surface area contributed by atoms with Crippen molar-refractivity contribution >= 4 is 5.91 Å². The Bertz CT molecular complexity index is 492. The zero-order valence-electron chi connectivity index (χ0n) is 12.5. The summed E-state index contributed by atoms with van der Waals surface area (Å²) in [7, 11) is 1.58. The van der Waals surface area contributed by atoms with Crippen molar-refractivity contribution in [2.45, 2.75) is 31.7 Å². The zero-order valence-corrected chi connectivity index (χ0v) is 12.5. The summed E-state index contributed by atoms with van der Waals surface area (Å²) in [5, 5.41) is 3.59. The van der Waals surface area contributed by atoms with Gasteiger partial charge in [0.25, 0.3) is 5.91 Å². The van der Waals surface area contributed by atoms with Crippen LogP contribution >= 0.6 is 0 Å². The second kappa shape index (κ2) is 6.43. The number of methoxy groups -OCH3 is 1. The summed E-state index contributed by atoms with van der Waals surface area (Å²) in [6, 6.07) is 2.41. The number of rotatable bonds is 3. The first kappa shape index (κ1) is 14.3. The Balaban J connectivity index is 1.62. The first-order valence-electron chi connectivity index (χ1n) is 7.80. The van der Waals surface area contributed by atoms with Crippen LogP contribution in [-0.4, -0.2) is 48.6 Å². The Morgan fingerprint density at radius 2 is 2.19 bits per heavy atom. The molecule has 0 aliphatic carbocycles. The molecule has 0 saturated carbocycles. The van der Waals surface area contributed by atoms with E-state index in [-0.39, 0.29) is 5.91 Å². The van der Waals surface area contributed by atoms with Crippen LogP contribution in [0.4, 0.5) is 0 Å². The number of pyridine rings is 1. The van der Waals surface area contributed by atoms with Crippen LogP contribution in [-0.2, 0) is 0 Å². The molecule has 0 bridgehead atoms. The monoisotopic (exact) mass is 289 g/mol. The molecule has 2 fully saturated rings. The van der Waals surface area contributed by atoms with Crippen LogP contribution in [0.3, 0.4) is 0 Å². The molecule has 21 heavy (non-hydrogen) atoms. The van der Waals surface area contributed by atoms with Gasteiger partial charge in [-0.25, -0.2) is 0 Å². The van der Waals surface area contributed by atoms with E-state index in [1.54, 1.807) is 25.6 Å². The van der Waals surface area contributed by atoms with Gasteiger partial charge in [-0.1, -0.05) is 0 Å². The van der Waals surface area contributed by atoms with Crippen LogP contribution in [0.2, 0.25) is 0 Å². The number of amides is 1. The van der Waals surface area contributed by atoms with E-state index in [0.29, 0.717) is 17.4 Å². The van der Waals surface area contributed by atoms with Gasteiger partial charge in [-0.05, 0) is 44.2 Å². The summed E-state index contributed by atoms with van der Waals surface area (Å²) in [4.78, 5) is 18.6. The maximum absolute atomic E-state index is 12.6. The molecular formula is C16H23N3O2. The summed E-state index contributed by atoms with van der Waals surface area (Å²) in [5.41, 5.74) is 0.616. The lowest BCUT2D eigenvalue weighted by atomic mass is 9.88. The van der Waals surface area contributed by atoms with Crippen LogP contribution in [0.15, 0.2) is 18.5 Å². The maximum atomic E-state index is 12.6. The minimum atomic E-state index is 0.0621.